The van der Waals surface area contributed by atoms with Crippen molar-refractivity contribution in [2.45, 2.75) is 43.5 Å². The number of piperidine rings is 1. The van der Waals surface area contributed by atoms with Gasteiger partial charge in [-0.05, 0) is 74.2 Å². The average Bonchev–Trinajstić information content (AvgIpc) is 3.15. The highest BCUT2D eigenvalue weighted by Gasteiger charge is 2.27. The van der Waals surface area contributed by atoms with Gasteiger partial charge in [-0.2, -0.15) is 0 Å². The number of hydrogen-bond acceptors (Lipinski definition) is 5. The van der Waals surface area contributed by atoms with Crippen LogP contribution in [0.25, 0.3) is 0 Å². The molecule has 0 aliphatic carbocycles. The Morgan fingerprint density at radius 3 is 2.58 bits per heavy atom. The molecule has 0 spiro atoms. The Balaban J connectivity index is 1.61. The van der Waals surface area contributed by atoms with Crippen LogP contribution in [0.4, 0.5) is 5.69 Å². The van der Waals surface area contributed by atoms with Gasteiger partial charge in [-0.25, -0.2) is 13.1 Å². The van der Waals surface area contributed by atoms with Crippen molar-refractivity contribution in [3.05, 3.63) is 53.1 Å². The molecule has 0 aromatic heterocycles. The second-order valence-electron chi connectivity index (χ2n) is 8.68. The van der Waals surface area contributed by atoms with Crippen molar-refractivity contribution in [3.8, 4) is 5.75 Å². The van der Waals surface area contributed by atoms with Crippen molar-refractivity contribution in [1.82, 2.24) is 9.62 Å². The zero-order valence-corrected chi connectivity index (χ0v) is 19.5. The SMILES string of the molecule is COc1ccc(C)cc1S(=O)(=O)NC[C@H](c1ccc2c(c1)CCN2C)N1CCCCC1. The van der Waals surface area contributed by atoms with E-state index >= 15 is 0 Å². The fraction of sp³-hybridized carbons (Fsp3) is 0.500. The number of aryl methyl sites for hydroxylation is 1. The van der Waals surface area contributed by atoms with Crippen LogP contribution >= 0.6 is 0 Å². The molecule has 4 rings (SSSR count). The molecule has 1 N–H and O–H groups in total. The Morgan fingerprint density at radius 2 is 1.84 bits per heavy atom. The quantitative estimate of drug-likeness (QED) is 0.710. The van der Waals surface area contributed by atoms with Gasteiger partial charge in [0.2, 0.25) is 10.0 Å². The number of rotatable bonds is 7. The monoisotopic (exact) mass is 443 g/mol. The summed E-state index contributed by atoms with van der Waals surface area (Å²) in [6.45, 7) is 5.26. The molecule has 168 valence electrons. The van der Waals surface area contributed by atoms with Crippen molar-refractivity contribution in [2.75, 3.05) is 45.2 Å². The lowest BCUT2D eigenvalue weighted by atomic mass is 9.99. The molecule has 6 nitrogen and oxygen atoms in total. The smallest absolute Gasteiger partial charge is 0.244 e. The van der Waals surface area contributed by atoms with Crippen molar-refractivity contribution in [3.63, 3.8) is 0 Å². The highest BCUT2D eigenvalue weighted by Crippen LogP contribution is 2.32. The highest BCUT2D eigenvalue weighted by molar-refractivity contribution is 7.89. The first-order chi connectivity index (χ1) is 14.9. The maximum absolute atomic E-state index is 13.2. The summed E-state index contributed by atoms with van der Waals surface area (Å²) in [5, 5.41) is 0. The Bertz CT molecular complexity index is 1030. The molecule has 2 aliphatic heterocycles. The van der Waals surface area contributed by atoms with E-state index in [1.807, 2.05) is 13.0 Å². The van der Waals surface area contributed by atoms with Gasteiger partial charge in [-0.3, -0.25) is 4.90 Å². The zero-order chi connectivity index (χ0) is 22.0. The number of nitrogens with zero attached hydrogens (tertiary/aromatic N) is 2. The summed E-state index contributed by atoms with van der Waals surface area (Å²) in [7, 11) is -0.0737. The minimum atomic E-state index is -3.70. The topological polar surface area (TPSA) is 61.9 Å². The molecule has 0 bridgehead atoms. The molecule has 1 saturated heterocycles. The predicted molar refractivity (Wildman–Crippen MR) is 125 cm³/mol. The molecule has 2 aromatic rings. The van der Waals surface area contributed by atoms with Crippen LogP contribution in [-0.2, 0) is 16.4 Å². The molecule has 0 unspecified atom stereocenters. The third-order valence-corrected chi connectivity index (χ3v) is 7.97. The van der Waals surface area contributed by atoms with E-state index in [0.29, 0.717) is 12.3 Å². The fourth-order valence-electron chi connectivity index (χ4n) is 4.74. The summed E-state index contributed by atoms with van der Waals surface area (Å²) in [5.41, 5.74) is 4.71. The molecular formula is C24H33N3O3S. The number of likely N-dealkylation sites (N-methyl/N-ethyl adjacent to an activating group) is 1. The summed E-state index contributed by atoms with van der Waals surface area (Å²) in [5.74, 6) is 0.369. The number of fused-ring (bicyclic) bond motifs is 1. The number of hydrogen-bond donors (Lipinski definition) is 1. The van der Waals surface area contributed by atoms with Gasteiger partial charge in [-0.15, -0.1) is 0 Å². The van der Waals surface area contributed by atoms with Gasteiger partial charge < -0.3 is 9.64 Å². The first-order valence-corrected chi connectivity index (χ1v) is 12.6. The van der Waals surface area contributed by atoms with E-state index in [1.54, 1.807) is 12.1 Å². The summed E-state index contributed by atoms with van der Waals surface area (Å²) in [6.07, 6.45) is 4.59. The van der Waals surface area contributed by atoms with Crippen molar-refractivity contribution < 1.29 is 13.2 Å². The summed E-state index contributed by atoms with van der Waals surface area (Å²) >= 11 is 0. The Labute approximate surface area is 186 Å². The van der Waals surface area contributed by atoms with Gasteiger partial charge >= 0.3 is 0 Å². The van der Waals surface area contributed by atoms with Gasteiger partial charge in [0.05, 0.1) is 7.11 Å². The maximum Gasteiger partial charge on any atom is 0.244 e. The molecule has 0 amide bonds. The van der Waals surface area contributed by atoms with E-state index in [9.17, 15) is 8.42 Å². The molecule has 7 heteroatoms. The number of nitrogens with one attached hydrogen (secondary N) is 1. The minimum absolute atomic E-state index is 0.0158. The van der Waals surface area contributed by atoms with Crippen LogP contribution < -0.4 is 14.4 Å². The second-order valence-corrected chi connectivity index (χ2v) is 10.4. The van der Waals surface area contributed by atoms with Gasteiger partial charge in [0.15, 0.2) is 0 Å². The van der Waals surface area contributed by atoms with E-state index in [0.717, 1.165) is 44.5 Å². The Kier molecular flexibility index (Phi) is 6.55. The minimum Gasteiger partial charge on any atom is -0.495 e. The standard InChI is InChI=1S/C24H33N3O3S/c1-18-7-10-23(30-3)24(15-18)31(28,29)25-17-22(27-12-5-4-6-13-27)19-8-9-21-20(16-19)11-14-26(21)2/h7-10,15-16,22,25H,4-6,11-14,17H2,1-3H3/t22-/m1/s1. The lowest BCUT2D eigenvalue weighted by Crippen LogP contribution is -2.40. The molecule has 0 saturated carbocycles. The summed E-state index contributed by atoms with van der Waals surface area (Å²) < 4.78 is 34.6. The highest BCUT2D eigenvalue weighted by atomic mass is 32.2. The Hall–Kier alpha value is -2.09. The molecule has 2 heterocycles. The van der Waals surface area contributed by atoms with Gasteiger partial charge in [0.1, 0.15) is 10.6 Å². The van der Waals surface area contributed by atoms with E-state index in [4.69, 9.17) is 4.74 Å². The van der Waals surface area contributed by atoms with Gasteiger partial charge in [-0.1, -0.05) is 24.6 Å². The lowest BCUT2D eigenvalue weighted by Gasteiger charge is -2.35. The molecule has 1 fully saturated rings. The predicted octanol–water partition coefficient (Wildman–Crippen LogP) is 3.50. The second kappa shape index (κ2) is 9.18. The molecule has 2 aliphatic rings. The summed E-state index contributed by atoms with van der Waals surface area (Å²) in [4.78, 5) is 4.91. The number of sulfonamides is 1. The van der Waals surface area contributed by atoms with E-state index in [-0.39, 0.29) is 10.9 Å². The molecule has 1 atom stereocenters. The number of anilines is 1. The number of benzene rings is 2. The average molecular weight is 444 g/mol. The molecule has 2 aromatic carbocycles. The molecular weight excluding hydrogens is 410 g/mol. The van der Waals surface area contributed by atoms with Crippen LogP contribution in [0.2, 0.25) is 0 Å². The van der Waals surface area contributed by atoms with Crippen molar-refractivity contribution in [1.29, 1.82) is 0 Å². The number of methoxy groups -OCH3 is 1. The van der Waals surface area contributed by atoms with Crippen LogP contribution in [-0.4, -0.2) is 53.7 Å². The lowest BCUT2D eigenvalue weighted by molar-refractivity contribution is 0.164. The van der Waals surface area contributed by atoms with Gasteiger partial charge in [0.25, 0.3) is 0 Å². The molecule has 31 heavy (non-hydrogen) atoms. The van der Waals surface area contributed by atoms with E-state index < -0.39 is 10.0 Å². The van der Waals surface area contributed by atoms with Crippen LogP contribution in [0.5, 0.6) is 5.75 Å². The zero-order valence-electron chi connectivity index (χ0n) is 18.7. The van der Waals surface area contributed by atoms with E-state index in [2.05, 4.69) is 39.8 Å². The largest absolute Gasteiger partial charge is 0.495 e. The first kappa shape index (κ1) is 22.1. The normalized spacial score (nSPS) is 18.1. The van der Waals surface area contributed by atoms with Crippen LogP contribution in [0.15, 0.2) is 41.3 Å². The van der Waals surface area contributed by atoms with Crippen molar-refractivity contribution in [2.24, 2.45) is 0 Å². The summed E-state index contributed by atoms with van der Waals surface area (Å²) in [6, 6.07) is 11.9. The van der Waals surface area contributed by atoms with Gasteiger partial charge in [0, 0.05) is 31.9 Å². The van der Waals surface area contributed by atoms with E-state index in [1.165, 1.54) is 30.3 Å². The van der Waals surface area contributed by atoms with Crippen LogP contribution in [0.3, 0.4) is 0 Å². The van der Waals surface area contributed by atoms with Crippen molar-refractivity contribution >= 4 is 15.7 Å². The number of likely N-dealkylation sites (tertiary alicyclic amines) is 1. The maximum atomic E-state index is 13.2. The van der Waals surface area contributed by atoms with Crippen LogP contribution in [0.1, 0.15) is 42.0 Å². The van der Waals surface area contributed by atoms with Crippen LogP contribution in [0, 0.1) is 6.92 Å². The Morgan fingerprint density at radius 1 is 1.06 bits per heavy atom. The molecule has 0 radical (unpaired) electrons. The third-order valence-electron chi connectivity index (χ3n) is 6.52. The third kappa shape index (κ3) is 4.73. The number of ether oxygens (including phenoxy) is 1. The first-order valence-electron chi connectivity index (χ1n) is 11.1. The fourth-order valence-corrected chi connectivity index (χ4v) is 6.03.